The van der Waals surface area contributed by atoms with Gasteiger partial charge < -0.3 is 4.74 Å². The summed E-state index contributed by atoms with van der Waals surface area (Å²) < 4.78 is 33.1. The van der Waals surface area contributed by atoms with Gasteiger partial charge >= 0.3 is 5.97 Å². The van der Waals surface area contributed by atoms with E-state index in [1.165, 1.54) is 31.4 Å². The second-order valence-corrected chi connectivity index (χ2v) is 7.55. The molecule has 0 fully saturated rings. The minimum atomic E-state index is -3.76. The molecule has 0 bridgehead atoms. The molecule has 0 saturated carbocycles. The Kier molecular flexibility index (Phi) is 5.56. The largest absolute Gasteiger partial charge is 0.465 e. The minimum Gasteiger partial charge on any atom is -0.465 e. The molecular weight excluding hydrogens is 382 g/mol. The first-order valence-corrected chi connectivity index (χ1v) is 9.07. The zero-order chi connectivity index (χ0) is 17.0. The number of carbonyl (C=O) groups excluding carboxylic acids is 1. The number of hydrogen-bond acceptors (Lipinski definition) is 4. The third-order valence-corrected chi connectivity index (χ3v) is 5.28. The average molecular weight is 398 g/mol. The summed E-state index contributed by atoms with van der Waals surface area (Å²) in [5, 5.41) is 0. The Labute approximate surface area is 143 Å². The highest BCUT2D eigenvalue weighted by Crippen LogP contribution is 2.21. The van der Waals surface area contributed by atoms with Crippen LogP contribution in [0.1, 0.15) is 28.9 Å². The fraction of sp³-hybridized carbons (Fsp3) is 0.188. The lowest BCUT2D eigenvalue weighted by Crippen LogP contribution is -2.27. The molecule has 7 heteroatoms. The van der Waals surface area contributed by atoms with Crippen LogP contribution in [0.2, 0.25) is 0 Å². The van der Waals surface area contributed by atoms with Crippen molar-refractivity contribution < 1.29 is 17.9 Å². The fourth-order valence-electron chi connectivity index (χ4n) is 2.05. The second kappa shape index (κ2) is 7.25. The molecule has 2 aromatic carbocycles. The van der Waals surface area contributed by atoms with Crippen molar-refractivity contribution in [2.24, 2.45) is 0 Å². The van der Waals surface area contributed by atoms with Gasteiger partial charge in [0.25, 0.3) is 0 Å². The Balaban J connectivity index is 2.27. The van der Waals surface area contributed by atoms with Gasteiger partial charge in [0.15, 0.2) is 0 Å². The van der Waals surface area contributed by atoms with Crippen LogP contribution < -0.4 is 4.72 Å². The van der Waals surface area contributed by atoms with Crippen LogP contribution >= 0.6 is 15.9 Å². The van der Waals surface area contributed by atoms with Crippen LogP contribution in [0.3, 0.4) is 0 Å². The minimum absolute atomic E-state index is 0.0160. The molecule has 0 aliphatic rings. The Morgan fingerprint density at radius 2 is 1.87 bits per heavy atom. The smallest absolute Gasteiger partial charge is 0.337 e. The number of ether oxygens (including phenoxy) is 1. The molecule has 0 aliphatic heterocycles. The van der Waals surface area contributed by atoms with Gasteiger partial charge in [0.2, 0.25) is 10.0 Å². The number of carbonyl (C=O) groups is 1. The van der Waals surface area contributed by atoms with Crippen molar-refractivity contribution in [3.05, 3.63) is 64.1 Å². The molecule has 2 aromatic rings. The van der Waals surface area contributed by atoms with E-state index in [0.717, 1.165) is 10.0 Å². The molecular formula is C16H16BrNO4S. The van der Waals surface area contributed by atoms with Gasteiger partial charge in [-0.25, -0.2) is 17.9 Å². The lowest BCUT2D eigenvalue weighted by Gasteiger charge is -2.15. The van der Waals surface area contributed by atoms with Gasteiger partial charge in [0.05, 0.1) is 17.6 Å². The number of sulfonamides is 1. The summed E-state index contributed by atoms with van der Waals surface area (Å²) in [6.45, 7) is 1.75. The monoisotopic (exact) mass is 397 g/mol. The lowest BCUT2D eigenvalue weighted by atomic mass is 10.1. The second-order valence-electron chi connectivity index (χ2n) is 4.92. The SMILES string of the molecule is COC(=O)c1cccc(S(=O)(=O)N[C@H](C)c2cccc(Br)c2)c1. The highest BCUT2D eigenvalue weighted by atomic mass is 79.9. The van der Waals surface area contributed by atoms with Crippen LogP contribution in [0.4, 0.5) is 0 Å². The normalized spacial score (nSPS) is 12.7. The van der Waals surface area contributed by atoms with Crippen molar-refractivity contribution in [2.45, 2.75) is 17.9 Å². The Morgan fingerprint density at radius 1 is 1.17 bits per heavy atom. The summed E-state index contributed by atoms with van der Waals surface area (Å²) in [5.74, 6) is -0.581. The van der Waals surface area contributed by atoms with E-state index in [9.17, 15) is 13.2 Å². The van der Waals surface area contributed by atoms with E-state index in [2.05, 4.69) is 25.4 Å². The first-order valence-electron chi connectivity index (χ1n) is 6.79. The van der Waals surface area contributed by atoms with E-state index in [-0.39, 0.29) is 10.5 Å². The van der Waals surface area contributed by atoms with Crippen molar-refractivity contribution in [2.75, 3.05) is 7.11 Å². The standard InChI is InChI=1S/C16H16BrNO4S/c1-11(12-5-3-7-14(17)9-12)18-23(20,21)15-8-4-6-13(10-15)16(19)22-2/h3-11,18H,1-2H3/t11-/m1/s1. The predicted molar refractivity (Wildman–Crippen MR) is 90.7 cm³/mol. The molecule has 122 valence electrons. The number of nitrogens with one attached hydrogen (secondary N) is 1. The van der Waals surface area contributed by atoms with Crippen molar-refractivity contribution >= 4 is 31.9 Å². The molecule has 1 atom stereocenters. The zero-order valence-electron chi connectivity index (χ0n) is 12.6. The first-order chi connectivity index (χ1) is 10.8. The molecule has 0 saturated heterocycles. The van der Waals surface area contributed by atoms with Gasteiger partial charge in [-0.2, -0.15) is 0 Å². The maximum absolute atomic E-state index is 12.5. The molecule has 0 radical (unpaired) electrons. The molecule has 23 heavy (non-hydrogen) atoms. The fourth-order valence-corrected chi connectivity index (χ4v) is 3.75. The molecule has 2 rings (SSSR count). The molecule has 0 aliphatic carbocycles. The lowest BCUT2D eigenvalue weighted by molar-refractivity contribution is 0.0600. The van der Waals surface area contributed by atoms with Crippen molar-refractivity contribution in [1.29, 1.82) is 0 Å². The topological polar surface area (TPSA) is 72.5 Å². The van der Waals surface area contributed by atoms with Crippen molar-refractivity contribution in [3.63, 3.8) is 0 Å². The van der Waals surface area contributed by atoms with Gasteiger partial charge in [-0.1, -0.05) is 34.1 Å². The summed E-state index contributed by atoms with van der Waals surface area (Å²) in [5.41, 5.74) is 1.01. The molecule has 5 nitrogen and oxygen atoms in total. The van der Waals surface area contributed by atoms with Crippen molar-refractivity contribution in [3.8, 4) is 0 Å². The van der Waals surface area contributed by atoms with Gasteiger partial charge in [-0.15, -0.1) is 0 Å². The summed E-state index contributed by atoms with van der Waals surface area (Å²) >= 11 is 3.36. The Bertz CT molecular complexity index is 820. The van der Waals surface area contributed by atoms with Gasteiger partial charge in [-0.05, 0) is 42.8 Å². The van der Waals surface area contributed by atoms with Gasteiger partial charge in [0.1, 0.15) is 0 Å². The summed E-state index contributed by atoms with van der Waals surface area (Å²) in [4.78, 5) is 11.5. The number of hydrogen-bond donors (Lipinski definition) is 1. The molecule has 0 amide bonds. The van der Waals surface area contributed by atoms with Gasteiger partial charge in [0, 0.05) is 10.5 Å². The number of esters is 1. The number of methoxy groups -OCH3 is 1. The van der Waals surface area contributed by atoms with E-state index in [4.69, 9.17) is 0 Å². The van der Waals surface area contributed by atoms with E-state index < -0.39 is 22.0 Å². The number of benzene rings is 2. The molecule has 1 N–H and O–H groups in total. The summed E-state index contributed by atoms with van der Waals surface area (Å²) in [6.07, 6.45) is 0. The number of rotatable bonds is 5. The third-order valence-electron chi connectivity index (χ3n) is 3.25. The number of halogens is 1. The van der Waals surface area contributed by atoms with Crippen LogP contribution in [-0.4, -0.2) is 21.5 Å². The quantitative estimate of drug-likeness (QED) is 0.785. The Morgan fingerprint density at radius 3 is 2.52 bits per heavy atom. The first kappa shape index (κ1) is 17.7. The predicted octanol–water partition coefficient (Wildman–Crippen LogP) is 3.28. The summed E-state index contributed by atoms with van der Waals surface area (Å²) in [7, 11) is -2.51. The maximum atomic E-state index is 12.5. The van der Waals surface area contributed by atoms with Gasteiger partial charge in [-0.3, -0.25) is 0 Å². The highest BCUT2D eigenvalue weighted by Gasteiger charge is 2.20. The maximum Gasteiger partial charge on any atom is 0.337 e. The van der Waals surface area contributed by atoms with Crippen LogP contribution in [0.5, 0.6) is 0 Å². The highest BCUT2D eigenvalue weighted by molar-refractivity contribution is 9.10. The summed E-state index contributed by atoms with van der Waals surface area (Å²) in [6, 6.07) is 12.7. The van der Waals surface area contributed by atoms with E-state index in [1.807, 2.05) is 24.3 Å². The van der Waals surface area contributed by atoms with E-state index >= 15 is 0 Å². The molecule has 0 unspecified atom stereocenters. The van der Waals surface area contributed by atoms with E-state index in [1.54, 1.807) is 6.92 Å². The third kappa shape index (κ3) is 4.40. The molecule has 0 spiro atoms. The van der Waals surface area contributed by atoms with Crippen LogP contribution in [0.25, 0.3) is 0 Å². The average Bonchev–Trinajstić information content (AvgIpc) is 2.54. The van der Waals surface area contributed by atoms with Crippen LogP contribution in [0, 0.1) is 0 Å². The molecule has 0 heterocycles. The van der Waals surface area contributed by atoms with E-state index in [0.29, 0.717) is 0 Å². The zero-order valence-corrected chi connectivity index (χ0v) is 15.0. The molecule has 0 aromatic heterocycles. The van der Waals surface area contributed by atoms with Crippen molar-refractivity contribution in [1.82, 2.24) is 4.72 Å². The Hall–Kier alpha value is -1.70. The van der Waals surface area contributed by atoms with Crippen LogP contribution in [-0.2, 0) is 14.8 Å². The van der Waals surface area contributed by atoms with Crippen LogP contribution in [0.15, 0.2) is 57.9 Å².